The van der Waals surface area contributed by atoms with Crippen LogP contribution in [0.25, 0.3) is 0 Å². The molecule has 0 saturated heterocycles. The molecular formula is C53H86O5. The number of aliphatic hydroxyl groups is 1. The van der Waals surface area contributed by atoms with E-state index in [1.165, 1.54) is 77.0 Å². The van der Waals surface area contributed by atoms with E-state index in [2.05, 4.69) is 123 Å². The molecular weight excluding hydrogens is 717 g/mol. The Morgan fingerprint density at radius 3 is 1.17 bits per heavy atom. The van der Waals surface area contributed by atoms with Crippen molar-refractivity contribution in [2.75, 3.05) is 13.2 Å². The van der Waals surface area contributed by atoms with Crippen LogP contribution in [-0.4, -0.2) is 36.4 Å². The predicted octanol–water partition coefficient (Wildman–Crippen LogP) is 15.4. The van der Waals surface area contributed by atoms with Gasteiger partial charge in [0.25, 0.3) is 0 Å². The molecule has 0 aliphatic rings. The molecule has 0 aromatic carbocycles. The number of allylic oxidation sites excluding steroid dienone is 18. The maximum absolute atomic E-state index is 12.2. The lowest BCUT2D eigenvalue weighted by Gasteiger charge is -2.15. The first kappa shape index (κ1) is 54.6. The molecule has 5 heteroatoms. The zero-order valence-electron chi connectivity index (χ0n) is 37.3. The average molecular weight is 803 g/mol. The molecule has 0 bridgehead atoms. The fourth-order valence-electron chi connectivity index (χ4n) is 6.03. The number of ether oxygens (including phenoxy) is 2. The highest BCUT2D eigenvalue weighted by Crippen LogP contribution is 2.12. The predicted molar refractivity (Wildman–Crippen MR) is 251 cm³/mol. The maximum Gasteiger partial charge on any atom is 0.306 e. The number of hydrogen-bond acceptors (Lipinski definition) is 5. The summed E-state index contributed by atoms with van der Waals surface area (Å²) in [4.78, 5) is 24.4. The van der Waals surface area contributed by atoms with Gasteiger partial charge in [0.15, 0.2) is 6.10 Å². The zero-order valence-corrected chi connectivity index (χ0v) is 37.3. The number of rotatable bonds is 41. The Balaban J connectivity index is 3.69. The van der Waals surface area contributed by atoms with Crippen molar-refractivity contribution in [3.05, 3.63) is 109 Å². The van der Waals surface area contributed by atoms with Crippen molar-refractivity contribution in [3.8, 4) is 0 Å². The molecule has 0 aromatic heterocycles. The summed E-state index contributed by atoms with van der Waals surface area (Å²) in [5, 5.41) is 9.59. The first-order chi connectivity index (χ1) is 28.6. The molecule has 0 fully saturated rings. The standard InChI is InChI=1S/C53H86O5/c1-3-5-7-9-11-13-15-17-19-21-22-23-24-25-26-27-28-29-30-32-34-36-38-40-42-44-46-48-53(56)58-51(49-54)50-57-52(55)47-45-43-41-39-37-35-33-31-20-18-16-14-12-10-8-6-4-2/h5,7,11,13,17-20,22-23,25-26,28-29,32,34,38,40,51,54H,3-4,6,8-10,12,14-16,21,24,27,30-31,33,35-37,39,41-50H2,1-2H3/b7-5-,13-11-,19-17-,20-18-,23-22-,26-25-,29-28-,34-32-,40-38-. The Hall–Kier alpha value is -3.44. The molecule has 0 amide bonds. The van der Waals surface area contributed by atoms with Gasteiger partial charge in [-0.05, 0) is 103 Å². The molecule has 0 aromatic rings. The number of aliphatic hydroxyl groups excluding tert-OH is 1. The molecule has 0 aliphatic heterocycles. The van der Waals surface area contributed by atoms with Crippen molar-refractivity contribution in [2.24, 2.45) is 0 Å². The second-order valence-electron chi connectivity index (χ2n) is 15.1. The summed E-state index contributed by atoms with van der Waals surface area (Å²) in [7, 11) is 0. The Bertz CT molecular complexity index is 1180. The summed E-state index contributed by atoms with van der Waals surface area (Å²) in [6.45, 7) is 3.97. The minimum absolute atomic E-state index is 0.0924. The van der Waals surface area contributed by atoms with Gasteiger partial charge in [0.2, 0.25) is 0 Å². The summed E-state index contributed by atoms with van der Waals surface area (Å²) in [6.07, 6.45) is 68.8. The number of esters is 2. The SMILES string of the molecule is CC/C=C\C/C=C\C/C=C\C/C=C\C/C=C\C/C=C\C/C=C\C/C=C\CCCCC(=O)OC(CO)COC(=O)CCCCCCCCC/C=C\CCCCCCCC. The van der Waals surface area contributed by atoms with E-state index in [1.807, 2.05) is 0 Å². The largest absolute Gasteiger partial charge is 0.462 e. The van der Waals surface area contributed by atoms with Crippen LogP contribution in [0.15, 0.2) is 109 Å². The van der Waals surface area contributed by atoms with E-state index in [-0.39, 0.29) is 25.2 Å². The highest BCUT2D eigenvalue weighted by atomic mass is 16.6. The van der Waals surface area contributed by atoms with Gasteiger partial charge in [0, 0.05) is 12.8 Å². The van der Waals surface area contributed by atoms with Crippen LogP contribution in [0.3, 0.4) is 0 Å². The molecule has 0 heterocycles. The van der Waals surface area contributed by atoms with Crippen LogP contribution in [0.2, 0.25) is 0 Å². The third-order valence-corrected chi connectivity index (χ3v) is 9.55. The number of carbonyl (C=O) groups excluding carboxylic acids is 2. The van der Waals surface area contributed by atoms with Gasteiger partial charge in [-0.1, -0.05) is 187 Å². The van der Waals surface area contributed by atoms with Crippen LogP contribution in [0, 0.1) is 0 Å². The van der Waals surface area contributed by atoms with Crippen LogP contribution in [0.1, 0.15) is 194 Å². The minimum Gasteiger partial charge on any atom is -0.462 e. The van der Waals surface area contributed by atoms with Crippen LogP contribution in [-0.2, 0) is 19.1 Å². The van der Waals surface area contributed by atoms with E-state index >= 15 is 0 Å². The Morgan fingerprint density at radius 2 is 0.741 bits per heavy atom. The van der Waals surface area contributed by atoms with Crippen LogP contribution >= 0.6 is 0 Å². The van der Waals surface area contributed by atoms with E-state index in [0.29, 0.717) is 12.8 Å². The number of unbranched alkanes of at least 4 members (excludes halogenated alkanes) is 15. The molecule has 0 aliphatic carbocycles. The lowest BCUT2D eigenvalue weighted by Crippen LogP contribution is -2.28. The van der Waals surface area contributed by atoms with Gasteiger partial charge in [-0.25, -0.2) is 0 Å². The van der Waals surface area contributed by atoms with Gasteiger partial charge in [0.05, 0.1) is 6.61 Å². The first-order valence-corrected chi connectivity index (χ1v) is 23.4. The highest BCUT2D eigenvalue weighted by Gasteiger charge is 2.16. The number of hydrogen-bond donors (Lipinski definition) is 1. The monoisotopic (exact) mass is 803 g/mol. The van der Waals surface area contributed by atoms with E-state index in [9.17, 15) is 14.7 Å². The molecule has 1 unspecified atom stereocenters. The highest BCUT2D eigenvalue weighted by molar-refractivity contribution is 5.70. The van der Waals surface area contributed by atoms with E-state index in [1.54, 1.807) is 0 Å². The van der Waals surface area contributed by atoms with Crippen molar-refractivity contribution < 1.29 is 24.2 Å². The summed E-state index contributed by atoms with van der Waals surface area (Å²) < 4.78 is 10.6. The average Bonchev–Trinajstić information content (AvgIpc) is 3.23. The topological polar surface area (TPSA) is 72.8 Å². The molecule has 328 valence electrons. The molecule has 0 rings (SSSR count). The van der Waals surface area contributed by atoms with E-state index in [4.69, 9.17) is 9.47 Å². The molecule has 0 saturated carbocycles. The Labute approximate surface area is 357 Å². The van der Waals surface area contributed by atoms with E-state index in [0.717, 1.165) is 89.9 Å². The van der Waals surface area contributed by atoms with Gasteiger partial charge in [-0.15, -0.1) is 0 Å². The van der Waals surface area contributed by atoms with Crippen molar-refractivity contribution in [3.63, 3.8) is 0 Å². The van der Waals surface area contributed by atoms with Gasteiger partial charge in [0.1, 0.15) is 6.61 Å². The van der Waals surface area contributed by atoms with Gasteiger partial charge < -0.3 is 14.6 Å². The second-order valence-corrected chi connectivity index (χ2v) is 15.1. The lowest BCUT2D eigenvalue weighted by molar-refractivity contribution is -0.161. The van der Waals surface area contributed by atoms with Crippen LogP contribution < -0.4 is 0 Å². The number of carbonyl (C=O) groups is 2. The Kier molecular flexibility index (Phi) is 45.1. The summed E-state index contributed by atoms with van der Waals surface area (Å²) in [6, 6.07) is 0. The third kappa shape index (κ3) is 45.3. The first-order valence-electron chi connectivity index (χ1n) is 23.4. The van der Waals surface area contributed by atoms with Crippen molar-refractivity contribution >= 4 is 11.9 Å². The normalized spacial score (nSPS) is 13.2. The fourth-order valence-corrected chi connectivity index (χ4v) is 6.03. The van der Waals surface area contributed by atoms with Crippen LogP contribution in [0.5, 0.6) is 0 Å². The second kappa shape index (κ2) is 47.9. The van der Waals surface area contributed by atoms with Gasteiger partial charge in [-0.2, -0.15) is 0 Å². The fraction of sp³-hybridized carbons (Fsp3) is 0.623. The molecule has 0 spiro atoms. The van der Waals surface area contributed by atoms with Crippen molar-refractivity contribution in [1.82, 2.24) is 0 Å². The van der Waals surface area contributed by atoms with Crippen molar-refractivity contribution in [2.45, 2.75) is 200 Å². The zero-order chi connectivity index (χ0) is 42.1. The van der Waals surface area contributed by atoms with E-state index < -0.39 is 6.10 Å². The third-order valence-electron chi connectivity index (χ3n) is 9.55. The molecule has 0 radical (unpaired) electrons. The molecule has 58 heavy (non-hydrogen) atoms. The van der Waals surface area contributed by atoms with Gasteiger partial charge >= 0.3 is 11.9 Å². The summed E-state index contributed by atoms with van der Waals surface area (Å²) in [5.41, 5.74) is 0. The van der Waals surface area contributed by atoms with Gasteiger partial charge in [-0.3, -0.25) is 9.59 Å². The molecule has 1 N–H and O–H groups in total. The summed E-state index contributed by atoms with van der Waals surface area (Å²) in [5.74, 6) is -0.654. The molecule has 1 atom stereocenters. The Morgan fingerprint density at radius 1 is 0.414 bits per heavy atom. The lowest BCUT2D eigenvalue weighted by atomic mass is 10.1. The quantitative estimate of drug-likeness (QED) is 0.0379. The summed E-state index contributed by atoms with van der Waals surface area (Å²) >= 11 is 0. The maximum atomic E-state index is 12.2. The minimum atomic E-state index is -0.804. The smallest absolute Gasteiger partial charge is 0.306 e. The van der Waals surface area contributed by atoms with Crippen LogP contribution in [0.4, 0.5) is 0 Å². The van der Waals surface area contributed by atoms with Crippen molar-refractivity contribution in [1.29, 1.82) is 0 Å². The molecule has 5 nitrogen and oxygen atoms in total.